The second kappa shape index (κ2) is 5.57. The molecule has 0 saturated carbocycles. The first-order valence-electron chi connectivity index (χ1n) is 5.81. The molecule has 19 heavy (non-hydrogen) atoms. The highest BCUT2D eigenvalue weighted by Crippen LogP contribution is 2.26. The Morgan fingerprint density at radius 2 is 2.00 bits per heavy atom. The lowest BCUT2D eigenvalue weighted by molar-refractivity contribution is -0.384. The predicted octanol–water partition coefficient (Wildman–Crippen LogP) is 3.37. The van der Waals surface area contributed by atoms with Gasteiger partial charge in [0.2, 0.25) is 0 Å². The fourth-order valence-electron chi connectivity index (χ4n) is 1.79. The van der Waals surface area contributed by atoms with Crippen molar-refractivity contribution in [2.75, 3.05) is 13.6 Å². The summed E-state index contributed by atoms with van der Waals surface area (Å²) in [6, 6.07) is 4.08. The largest absolute Gasteiger partial charge is 0.341 e. The monoisotopic (exact) mass is 284 g/mol. The van der Waals surface area contributed by atoms with Gasteiger partial charge in [0.25, 0.3) is 11.6 Å². The third-order valence-corrected chi connectivity index (χ3v) is 2.77. The molecule has 0 aliphatic carbocycles. The van der Waals surface area contributed by atoms with Gasteiger partial charge in [0.05, 0.1) is 4.92 Å². The smallest absolute Gasteiger partial charge is 0.288 e. The summed E-state index contributed by atoms with van der Waals surface area (Å²) in [6.07, 6.45) is 0. The van der Waals surface area contributed by atoms with Crippen LogP contribution in [0.25, 0.3) is 0 Å². The van der Waals surface area contributed by atoms with Gasteiger partial charge in [0.1, 0.15) is 5.02 Å². The highest BCUT2D eigenvalue weighted by molar-refractivity contribution is 6.32. The molecule has 5 nitrogen and oxygen atoms in total. The molecule has 1 aromatic rings. The van der Waals surface area contributed by atoms with Gasteiger partial charge in [-0.3, -0.25) is 14.9 Å². The van der Waals surface area contributed by atoms with Crippen LogP contribution in [0.1, 0.15) is 31.1 Å². The Morgan fingerprint density at radius 3 is 2.47 bits per heavy atom. The maximum Gasteiger partial charge on any atom is 0.288 e. The first kappa shape index (κ1) is 15.4. The van der Waals surface area contributed by atoms with Crippen molar-refractivity contribution in [2.45, 2.75) is 20.8 Å². The number of rotatable bonds is 3. The Kier molecular flexibility index (Phi) is 4.52. The van der Waals surface area contributed by atoms with Crippen LogP contribution in [-0.4, -0.2) is 29.3 Å². The standard InChI is InChI=1S/C13H17ClN2O3/c1-13(2,3)8-15(4)12(17)9-5-6-10(14)11(7-9)16(18)19/h5-7H,8H2,1-4H3. The zero-order chi connectivity index (χ0) is 14.8. The summed E-state index contributed by atoms with van der Waals surface area (Å²) in [7, 11) is 1.67. The minimum absolute atomic E-state index is 0.0278. The van der Waals surface area contributed by atoms with Crippen LogP contribution in [0.4, 0.5) is 5.69 Å². The Labute approximate surface area is 117 Å². The lowest BCUT2D eigenvalue weighted by atomic mass is 9.96. The number of hydrogen-bond donors (Lipinski definition) is 0. The van der Waals surface area contributed by atoms with Crippen LogP contribution in [0, 0.1) is 15.5 Å². The summed E-state index contributed by atoms with van der Waals surface area (Å²) in [5, 5.41) is 10.8. The summed E-state index contributed by atoms with van der Waals surface area (Å²) in [4.78, 5) is 23.9. The Balaban J connectivity index is 3.01. The van der Waals surface area contributed by atoms with Crippen LogP contribution in [0.15, 0.2) is 18.2 Å². The van der Waals surface area contributed by atoms with Gasteiger partial charge in [0.15, 0.2) is 0 Å². The number of nitro benzene ring substituents is 1. The quantitative estimate of drug-likeness (QED) is 0.631. The first-order valence-corrected chi connectivity index (χ1v) is 6.19. The molecule has 0 heterocycles. The molecular weight excluding hydrogens is 268 g/mol. The predicted molar refractivity (Wildman–Crippen MR) is 74.5 cm³/mol. The lowest BCUT2D eigenvalue weighted by Gasteiger charge is -2.26. The highest BCUT2D eigenvalue weighted by atomic mass is 35.5. The molecule has 0 unspecified atom stereocenters. The van der Waals surface area contributed by atoms with Gasteiger partial charge in [-0.05, 0) is 17.5 Å². The van der Waals surface area contributed by atoms with Crippen molar-refractivity contribution in [3.8, 4) is 0 Å². The third kappa shape index (κ3) is 4.21. The molecule has 0 aromatic heterocycles. The van der Waals surface area contributed by atoms with E-state index < -0.39 is 4.92 Å². The Bertz CT molecular complexity index is 509. The molecule has 0 fully saturated rings. The van der Waals surface area contributed by atoms with E-state index in [0.717, 1.165) is 0 Å². The van der Waals surface area contributed by atoms with Crippen LogP contribution >= 0.6 is 11.6 Å². The van der Waals surface area contributed by atoms with E-state index in [1.54, 1.807) is 11.9 Å². The van der Waals surface area contributed by atoms with Crippen molar-refractivity contribution in [2.24, 2.45) is 5.41 Å². The average molecular weight is 285 g/mol. The first-order chi connectivity index (χ1) is 8.61. The van der Waals surface area contributed by atoms with Crippen LogP contribution in [-0.2, 0) is 0 Å². The zero-order valence-corrected chi connectivity index (χ0v) is 12.2. The fourth-order valence-corrected chi connectivity index (χ4v) is 1.98. The number of halogens is 1. The van der Waals surface area contributed by atoms with E-state index in [1.165, 1.54) is 18.2 Å². The average Bonchev–Trinajstić information content (AvgIpc) is 2.26. The number of nitrogens with zero attached hydrogens (tertiary/aromatic N) is 2. The van der Waals surface area contributed by atoms with Crippen LogP contribution in [0.2, 0.25) is 5.02 Å². The van der Waals surface area contributed by atoms with E-state index in [9.17, 15) is 14.9 Å². The molecule has 0 N–H and O–H groups in total. The second-order valence-electron chi connectivity index (χ2n) is 5.65. The van der Waals surface area contributed by atoms with Gasteiger partial charge in [-0.1, -0.05) is 32.4 Å². The van der Waals surface area contributed by atoms with Gasteiger partial charge in [-0.15, -0.1) is 0 Å². The Morgan fingerprint density at radius 1 is 1.42 bits per heavy atom. The normalized spacial score (nSPS) is 11.2. The minimum Gasteiger partial charge on any atom is -0.341 e. The van der Waals surface area contributed by atoms with Gasteiger partial charge in [-0.2, -0.15) is 0 Å². The molecule has 1 rings (SSSR count). The molecular formula is C13H17ClN2O3. The summed E-state index contributed by atoms with van der Waals surface area (Å²) >= 11 is 5.72. The van der Waals surface area contributed by atoms with Crippen molar-refractivity contribution >= 4 is 23.2 Å². The maximum absolute atomic E-state index is 12.2. The number of carbonyl (C=O) groups excluding carboxylic acids is 1. The number of carbonyl (C=O) groups is 1. The fraction of sp³-hybridized carbons (Fsp3) is 0.462. The number of benzene rings is 1. The SMILES string of the molecule is CN(CC(C)(C)C)C(=O)c1ccc(Cl)c([N+](=O)[O-])c1. The topological polar surface area (TPSA) is 63.5 Å². The molecule has 0 aliphatic heterocycles. The van der Waals surface area contributed by atoms with Crippen molar-refractivity contribution in [3.05, 3.63) is 38.9 Å². The Hall–Kier alpha value is -1.62. The molecule has 1 amide bonds. The van der Waals surface area contributed by atoms with Crippen LogP contribution in [0.5, 0.6) is 0 Å². The van der Waals surface area contributed by atoms with Crippen molar-refractivity contribution in [3.63, 3.8) is 0 Å². The van der Waals surface area contributed by atoms with Gasteiger partial charge >= 0.3 is 0 Å². The summed E-state index contributed by atoms with van der Waals surface area (Å²) in [5.74, 6) is -0.255. The molecule has 0 saturated heterocycles. The van der Waals surface area contributed by atoms with Crippen LogP contribution in [0.3, 0.4) is 0 Å². The number of amides is 1. The zero-order valence-electron chi connectivity index (χ0n) is 11.4. The lowest BCUT2D eigenvalue weighted by Crippen LogP contribution is -2.34. The highest BCUT2D eigenvalue weighted by Gasteiger charge is 2.21. The number of hydrogen-bond acceptors (Lipinski definition) is 3. The van der Waals surface area contributed by atoms with E-state index in [0.29, 0.717) is 6.54 Å². The molecule has 6 heteroatoms. The summed E-state index contributed by atoms with van der Waals surface area (Å²) in [6.45, 7) is 6.60. The molecule has 0 radical (unpaired) electrons. The summed E-state index contributed by atoms with van der Waals surface area (Å²) < 4.78 is 0. The van der Waals surface area contributed by atoms with E-state index in [2.05, 4.69) is 0 Å². The van der Waals surface area contributed by atoms with Crippen molar-refractivity contribution < 1.29 is 9.72 Å². The van der Waals surface area contributed by atoms with Crippen molar-refractivity contribution in [1.82, 2.24) is 4.90 Å². The summed E-state index contributed by atoms with van der Waals surface area (Å²) in [5.41, 5.74) is -0.0255. The van der Waals surface area contributed by atoms with Crippen LogP contribution < -0.4 is 0 Å². The van der Waals surface area contributed by atoms with E-state index in [4.69, 9.17) is 11.6 Å². The van der Waals surface area contributed by atoms with Gasteiger partial charge in [0, 0.05) is 25.2 Å². The van der Waals surface area contributed by atoms with Gasteiger partial charge in [-0.25, -0.2) is 0 Å². The molecule has 0 bridgehead atoms. The molecule has 0 aliphatic rings. The second-order valence-corrected chi connectivity index (χ2v) is 6.05. The van der Waals surface area contributed by atoms with E-state index in [-0.39, 0.29) is 27.6 Å². The maximum atomic E-state index is 12.2. The molecule has 0 atom stereocenters. The van der Waals surface area contributed by atoms with Gasteiger partial charge < -0.3 is 4.90 Å². The minimum atomic E-state index is -0.594. The van der Waals surface area contributed by atoms with Crippen molar-refractivity contribution in [1.29, 1.82) is 0 Å². The van der Waals surface area contributed by atoms with E-state index >= 15 is 0 Å². The van der Waals surface area contributed by atoms with E-state index in [1.807, 2.05) is 20.8 Å². The number of nitro groups is 1. The molecule has 104 valence electrons. The third-order valence-electron chi connectivity index (χ3n) is 2.45. The molecule has 1 aromatic carbocycles. The molecule has 0 spiro atoms.